The number of rotatable bonds is 6. The number of nitrogens with zero attached hydrogens (tertiary/aromatic N) is 2. The van der Waals surface area contributed by atoms with Gasteiger partial charge in [-0.2, -0.15) is 0 Å². The molecule has 8 heteroatoms. The lowest BCUT2D eigenvalue weighted by Crippen LogP contribution is -2.02. The van der Waals surface area contributed by atoms with Crippen LogP contribution in [-0.2, 0) is 4.79 Å². The second-order valence-electron chi connectivity index (χ2n) is 4.79. The minimum atomic E-state index is -0.892. The minimum Gasteiger partial charge on any atom is -0.481 e. The SMILES string of the molecule is CNc1nc(-c2cccc([N+](=O)[O-])c2)c(C(C)CC(=O)O)s1. The zero-order valence-electron chi connectivity index (χ0n) is 12.1. The van der Waals surface area contributed by atoms with Crippen LogP contribution in [0.3, 0.4) is 0 Å². The largest absolute Gasteiger partial charge is 0.481 e. The van der Waals surface area contributed by atoms with Crippen LogP contribution in [-0.4, -0.2) is 28.0 Å². The summed E-state index contributed by atoms with van der Waals surface area (Å²) in [6.07, 6.45) is -0.0206. The van der Waals surface area contributed by atoms with Crippen LogP contribution in [0.15, 0.2) is 24.3 Å². The Morgan fingerprint density at radius 2 is 2.27 bits per heavy atom. The molecule has 2 N–H and O–H groups in total. The quantitative estimate of drug-likeness (QED) is 0.624. The predicted octanol–water partition coefficient (Wildman–Crippen LogP) is 3.34. The number of hydrogen-bond donors (Lipinski definition) is 2. The number of aromatic nitrogens is 1. The van der Waals surface area contributed by atoms with Crippen LogP contribution < -0.4 is 5.32 Å². The van der Waals surface area contributed by atoms with Crippen LogP contribution in [0.2, 0.25) is 0 Å². The number of nitro benzene ring substituents is 1. The molecule has 7 nitrogen and oxygen atoms in total. The Morgan fingerprint density at radius 1 is 1.55 bits per heavy atom. The molecule has 1 aromatic carbocycles. The molecule has 2 aromatic rings. The van der Waals surface area contributed by atoms with Crippen LogP contribution >= 0.6 is 11.3 Å². The summed E-state index contributed by atoms with van der Waals surface area (Å²) < 4.78 is 0. The number of nitro groups is 1. The summed E-state index contributed by atoms with van der Waals surface area (Å²) >= 11 is 1.36. The molecule has 0 amide bonds. The van der Waals surface area contributed by atoms with Crippen LogP contribution in [0, 0.1) is 10.1 Å². The number of carbonyl (C=O) groups is 1. The van der Waals surface area contributed by atoms with E-state index in [1.165, 1.54) is 23.5 Å². The molecule has 0 fully saturated rings. The zero-order chi connectivity index (χ0) is 16.3. The molecule has 0 aliphatic heterocycles. The molecule has 0 aliphatic carbocycles. The summed E-state index contributed by atoms with van der Waals surface area (Å²) in [7, 11) is 1.72. The summed E-state index contributed by atoms with van der Waals surface area (Å²) in [5, 5.41) is 23.5. The van der Waals surface area contributed by atoms with Gasteiger partial charge in [-0.25, -0.2) is 4.98 Å². The number of non-ortho nitro benzene ring substituents is 1. The fraction of sp³-hybridized carbons (Fsp3) is 0.286. The molecule has 0 aliphatic rings. The summed E-state index contributed by atoms with van der Waals surface area (Å²) in [4.78, 5) is 26.6. The molecule has 1 atom stereocenters. The maximum atomic E-state index is 10.9. The minimum absolute atomic E-state index is 0.0201. The number of benzene rings is 1. The van der Waals surface area contributed by atoms with E-state index in [1.807, 2.05) is 6.92 Å². The number of carboxylic acids is 1. The van der Waals surface area contributed by atoms with Crippen molar-refractivity contribution in [2.45, 2.75) is 19.3 Å². The van der Waals surface area contributed by atoms with Gasteiger partial charge in [0.25, 0.3) is 5.69 Å². The Bertz CT molecular complexity index is 714. The molecule has 0 saturated carbocycles. The zero-order valence-corrected chi connectivity index (χ0v) is 12.9. The van der Waals surface area contributed by atoms with E-state index in [0.29, 0.717) is 16.4 Å². The molecule has 1 aromatic heterocycles. The van der Waals surface area contributed by atoms with Gasteiger partial charge in [0, 0.05) is 35.5 Å². The summed E-state index contributed by atoms with van der Waals surface area (Å²) in [6.45, 7) is 1.81. The highest BCUT2D eigenvalue weighted by Gasteiger charge is 2.21. The van der Waals surface area contributed by atoms with Gasteiger partial charge in [-0.15, -0.1) is 11.3 Å². The van der Waals surface area contributed by atoms with Crippen molar-refractivity contribution >= 4 is 28.1 Å². The van der Waals surface area contributed by atoms with Crippen LogP contribution in [0.1, 0.15) is 24.1 Å². The first-order chi connectivity index (χ1) is 10.4. The first kappa shape index (κ1) is 15.9. The van der Waals surface area contributed by atoms with E-state index in [2.05, 4.69) is 10.3 Å². The van der Waals surface area contributed by atoms with E-state index >= 15 is 0 Å². The van der Waals surface area contributed by atoms with E-state index < -0.39 is 10.9 Å². The van der Waals surface area contributed by atoms with Crippen LogP contribution in [0.25, 0.3) is 11.3 Å². The van der Waals surface area contributed by atoms with E-state index in [4.69, 9.17) is 5.11 Å². The highest BCUT2D eigenvalue weighted by atomic mass is 32.1. The molecule has 2 rings (SSSR count). The predicted molar refractivity (Wildman–Crippen MR) is 84.4 cm³/mol. The Hall–Kier alpha value is -2.48. The highest BCUT2D eigenvalue weighted by Crippen LogP contribution is 2.38. The van der Waals surface area contributed by atoms with Crippen molar-refractivity contribution in [1.82, 2.24) is 4.98 Å². The van der Waals surface area contributed by atoms with Crippen LogP contribution in [0.4, 0.5) is 10.8 Å². The van der Waals surface area contributed by atoms with Crippen LogP contribution in [0.5, 0.6) is 0 Å². The second kappa shape index (κ2) is 6.52. The van der Waals surface area contributed by atoms with Crippen molar-refractivity contribution < 1.29 is 14.8 Å². The molecule has 1 unspecified atom stereocenters. The van der Waals surface area contributed by atoms with Gasteiger partial charge in [0.1, 0.15) is 0 Å². The molecular weight excluding hydrogens is 306 g/mol. The Balaban J connectivity index is 2.49. The summed E-state index contributed by atoms with van der Waals surface area (Å²) in [5.41, 5.74) is 1.18. The fourth-order valence-electron chi connectivity index (χ4n) is 2.10. The van der Waals surface area contributed by atoms with Crippen molar-refractivity contribution in [3.8, 4) is 11.3 Å². The van der Waals surface area contributed by atoms with Gasteiger partial charge in [-0.05, 0) is 0 Å². The summed E-state index contributed by atoms with van der Waals surface area (Å²) in [5.74, 6) is -1.12. The molecule has 1 heterocycles. The smallest absolute Gasteiger partial charge is 0.303 e. The number of anilines is 1. The average Bonchev–Trinajstić information content (AvgIpc) is 2.91. The van der Waals surface area contributed by atoms with Crippen molar-refractivity contribution in [3.05, 3.63) is 39.3 Å². The van der Waals surface area contributed by atoms with Gasteiger partial charge in [-0.1, -0.05) is 19.1 Å². The molecule has 0 bridgehead atoms. The third-order valence-electron chi connectivity index (χ3n) is 3.13. The molecule has 116 valence electrons. The number of hydrogen-bond acceptors (Lipinski definition) is 6. The fourth-order valence-corrected chi connectivity index (χ4v) is 3.09. The van der Waals surface area contributed by atoms with Gasteiger partial charge >= 0.3 is 5.97 Å². The van der Waals surface area contributed by atoms with Crippen molar-refractivity contribution in [2.75, 3.05) is 12.4 Å². The van der Waals surface area contributed by atoms with Gasteiger partial charge in [0.05, 0.1) is 17.0 Å². The topological polar surface area (TPSA) is 105 Å². The third-order valence-corrected chi connectivity index (χ3v) is 4.43. The number of thiazole rings is 1. The first-order valence-corrected chi connectivity index (χ1v) is 7.39. The Kier molecular flexibility index (Phi) is 4.71. The highest BCUT2D eigenvalue weighted by molar-refractivity contribution is 7.16. The molecule has 0 spiro atoms. The van der Waals surface area contributed by atoms with E-state index in [9.17, 15) is 14.9 Å². The van der Waals surface area contributed by atoms with Crippen molar-refractivity contribution in [2.24, 2.45) is 0 Å². The van der Waals surface area contributed by atoms with Crippen molar-refractivity contribution in [1.29, 1.82) is 0 Å². The van der Waals surface area contributed by atoms with E-state index in [0.717, 1.165) is 4.88 Å². The lowest BCUT2D eigenvalue weighted by atomic mass is 10.0. The first-order valence-electron chi connectivity index (χ1n) is 6.57. The van der Waals surface area contributed by atoms with E-state index in [-0.39, 0.29) is 18.0 Å². The lowest BCUT2D eigenvalue weighted by Gasteiger charge is -2.08. The normalized spacial score (nSPS) is 11.9. The standard InChI is InChI=1S/C14H15N3O4S/c1-8(6-11(18)19)13-12(16-14(15-2)22-13)9-4-3-5-10(7-9)17(20)21/h3-5,7-8H,6H2,1-2H3,(H,15,16)(H,18,19). The molecule has 0 radical (unpaired) electrons. The summed E-state index contributed by atoms with van der Waals surface area (Å²) in [6, 6.07) is 6.19. The maximum absolute atomic E-state index is 10.9. The Morgan fingerprint density at radius 3 is 2.86 bits per heavy atom. The average molecular weight is 321 g/mol. The van der Waals surface area contributed by atoms with Crippen molar-refractivity contribution in [3.63, 3.8) is 0 Å². The molecule has 22 heavy (non-hydrogen) atoms. The van der Waals surface area contributed by atoms with E-state index in [1.54, 1.807) is 19.2 Å². The van der Waals surface area contributed by atoms with Gasteiger partial charge < -0.3 is 10.4 Å². The third kappa shape index (κ3) is 3.40. The maximum Gasteiger partial charge on any atom is 0.303 e. The van der Waals surface area contributed by atoms with Gasteiger partial charge in [0.15, 0.2) is 5.13 Å². The second-order valence-corrected chi connectivity index (χ2v) is 5.82. The number of carboxylic acid groups (broad SMARTS) is 1. The van der Waals surface area contributed by atoms with Gasteiger partial charge in [0.2, 0.25) is 0 Å². The lowest BCUT2D eigenvalue weighted by molar-refractivity contribution is -0.384. The molecule has 0 saturated heterocycles. The molecular formula is C14H15N3O4S. The Labute approximate surface area is 130 Å². The monoisotopic (exact) mass is 321 g/mol. The van der Waals surface area contributed by atoms with Gasteiger partial charge in [-0.3, -0.25) is 14.9 Å². The number of aliphatic carboxylic acids is 1. The number of nitrogens with one attached hydrogen (secondary N) is 1.